The number of nitrogens with zero attached hydrogens (tertiary/aromatic N) is 3. The summed E-state index contributed by atoms with van der Waals surface area (Å²) in [7, 11) is 0. The van der Waals surface area contributed by atoms with Crippen LogP contribution in [0.15, 0.2) is 249 Å². The van der Waals surface area contributed by atoms with Crippen LogP contribution in [-0.2, 0) is 0 Å². The van der Waals surface area contributed by atoms with E-state index in [0.717, 1.165) is 55.5 Å². The Hall–Kier alpha value is -9.05. The van der Waals surface area contributed by atoms with Crippen molar-refractivity contribution in [2.45, 2.75) is 0 Å². The smallest absolute Gasteiger partial charge is 0.164 e. The van der Waals surface area contributed by atoms with Crippen molar-refractivity contribution in [1.29, 1.82) is 0 Å². The van der Waals surface area contributed by atoms with Crippen molar-refractivity contribution in [3.63, 3.8) is 0 Å². The molecule has 3 nitrogen and oxygen atoms in total. The van der Waals surface area contributed by atoms with Crippen molar-refractivity contribution in [2.24, 2.45) is 0 Å². The van der Waals surface area contributed by atoms with Crippen LogP contribution in [0.3, 0.4) is 0 Å². The number of hydrogen-bond donors (Lipinski definition) is 0. The maximum Gasteiger partial charge on any atom is 0.164 e. The minimum absolute atomic E-state index is 0.606. The zero-order valence-electron chi connectivity index (χ0n) is 37.0. The van der Waals surface area contributed by atoms with E-state index in [-0.39, 0.29) is 0 Å². The third kappa shape index (κ3) is 6.88. The minimum Gasteiger partial charge on any atom is -0.208 e. The Labute approximate surface area is 394 Å². The van der Waals surface area contributed by atoms with Gasteiger partial charge in [0.05, 0.1) is 0 Å². The molecule has 0 aliphatic heterocycles. The van der Waals surface area contributed by atoms with Gasteiger partial charge in [0, 0.05) is 22.3 Å². The molecule has 0 saturated heterocycles. The predicted molar refractivity (Wildman–Crippen MR) is 285 cm³/mol. The fourth-order valence-electron chi connectivity index (χ4n) is 10.2. The summed E-state index contributed by atoms with van der Waals surface area (Å²) in [5, 5.41) is 11.9. The number of benzene rings is 12. The summed E-state index contributed by atoms with van der Waals surface area (Å²) in [6.07, 6.45) is 0. The van der Waals surface area contributed by atoms with Crippen LogP contribution >= 0.6 is 0 Å². The number of fused-ring (bicyclic) bond motifs is 6. The van der Waals surface area contributed by atoms with Crippen molar-refractivity contribution in [3.8, 4) is 78.7 Å². The minimum atomic E-state index is 0.606. The van der Waals surface area contributed by atoms with E-state index >= 15 is 0 Å². The lowest BCUT2D eigenvalue weighted by molar-refractivity contribution is 1.08. The van der Waals surface area contributed by atoms with Gasteiger partial charge in [-0.05, 0) is 111 Å². The van der Waals surface area contributed by atoms with Crippen LogP contribution in [0.5, 0.6) is 0 Å². The summed E-state index contributed by atoms with van der Waals surface area (Å²) >= 11 is 0. The zero-order chi connectivity index (χ0) is 45.0. The third-order valence-corrected chi connectivity index (χ3v) is 13.5. The second-order valence-corrected chi connectivity index (χ2v) is 17.5. The summed E-state index contributed by atoms with van der Waals surface area (Å²) < 4.78 is 0. The van der Waals surface area contributed by atoms with Crippen LogP contribution in [0.1, 0.15) is 0 Å². The molecule has 0 bridgehead atoms. The van der Waals surface area contributed by atoms with E-state index in [2.05, 4.69) is 249 Å². The molecule has 12 aromatic carbocycles. The molecule has 316 valence electrons. The Bertz CT molecular complexity index is 4080. The van der Waals surface area contributed by atoms with Gasteiger partial charge in [0.1, 0.15) is 0 Å². The third-order valence-electron chi connectivity index (χ3n) is 13.5. The largest absolute Gasteiger partial charge is 0.208 e. The molecule has 0 saturated carbocycles. The van der Waals surface area contributed by atoms with Gasteiger partial charge in [0.15, 0.2) is 17.5 Å². The number of rotatable bonds is 7. The molecule has 0 radical (unpaired) electrons. The first-order chi connectivity index (χ1) is 33.7. The van der Waals surface area contributed by atoms with Crippen LogP contribution in [0, 0.1) is 0 Å². The standard InChI is InChI=1S/C65H41N3/c1-2-18-48-40-50(35-34-42(48)14-1)44-32-30-43(31-33-44)49-21-11-22-51(41-49)63-66-64(60-27-10-9-26-56(60)55-28-12-19-45-15-3-6-23-52(45)55)68-65(67-63)61-39-38-57-53-24-7-5-17-47(53)36-37-59(57)62(61)58-29-13-20-46-16-4-8-25-54(46)58/h1-41H. The zero-order valence-corrected chi connectivity index (χ0v) is 37.0. The molecule has 3 heteroatoms. The Morgan fingerprint density at radius 3 is 1.38 bits per heavy atom. The first-order valence-electron chi connectivity index (χ1n) is 23.2. The Morgan fingerprint density at radius 1 is 0.191 bits per heavy atom. The first kappa shape index (κ1) is 39.3. The summed E-state index contributed by atoms with van der Waals surface area (Å²) in [6.45, 7) is 0. The SMILES string of the molecule is c1cc(-c2ccc(-c3ccc4ccccc4c3)cc2)cc(-c2nc(-c3ccccc3-c3cccc4ccccc34)nc(-c3ccc4c(ccc5ccccc54)c3-c3cccc4ccccc34)n2)c1. The molecule has 68 heavy (non-hydrogen) atoms. The Kier molecular flexibility index (Phi) is 9.50. The van der Waals surface area contributed by atoms with Crippen LogP contribution < -0.4 is 0 Å². The molecule has 0 amide bonds. The van der Waals surface area contributed by atoms with Gasteiger partial charge in [0.25, 0.3) is 0 Å². The number of aromatic nitrogens is 3. The van der Waals surface area contributed by atoms with Gasteiger partial charge in [-0.3, -0.25) is 0 Å². The van der Waals surface area contributed by atoms with Gasteiger partial charge in [-0.25, -0.2) is 15.0 Å². The summed E-state index contributed by atoms with van der Waals surface area (Å²) in [5.41, 5.74) is 11.8. The molecule has 0 aliphatic carbocycles. The van der Waals surface area contributed by atoms with E-state index in [1.165, 1.54) is 59.6 Å². The van der Waals surface area contributed by atoms with E-state index in [4.69, 9.17) is 15.0 Å². The van der Waals surface area contributed by atoms with Crippen molar-refractivity contribution in [3.05, 3.63) is 249 Å². The van der Waals surface area contributed by atoms with Crippen molar-refractivity contribution in [1.82, 2.24) is 15.0 Å². The van der Waals surface area contributed by atoms with E-state index < -0.39 is 0 Å². The van der Waals surface area contributed by atoms with Crippen molar-refractivity contribution >= 4 is 53.9 Å². The first-order valence-corrected chi connectivity index (χ1v) is 23.2. The van der Waals surface area contributed by atoms with E-state index in [1.54, 1.807) is 0 Å². The van der Waals surface area contributed by atoms with Crippen molar-refractivity contribution < 1.29 is 0 Å². The van der Waals surface area contributed by atoms with Gasteiger partial charge in [-0.2, -0.15) is 0 Å². The topological polar surface area (TPSA) is 38.7 Å². The second kappa shape index (κ2) is 16.4. The van der Waals surface area contributed by atoms with Crippen LogP contribution in [0.2, 0.25) is 0 Å². The van der Waals surface area contributed by atoms with Gasteiger partial charge in [-0.15, -0.1) is 0 Å². The molecular weight excluding hydrogens is 823 g/mol. The molecule has 0 aliphatic rings. The Balaban J connectivity index is 1.02. The van der Waals surface area contributed by atoms with Gasteiger partial charge < -0.3 is 0 Å². The fourth-order valence-corrected chi connectivity index (χ4v) is 10.2. The molecule has 0 fully saturated rings. The molecule has 13 aromatic rings. The Morgan fingerprint density at radius 2 is 0.647 bits per heavy atom. The molecular formula is C65H41N3. The van der Waals surface area contributed by atoms with E-state index in [1.807, 2.05) is 0 Å². The fraction of sp³-hybridized carbons (Fsp3) is 0. The highest BCUT2D eigenvalue weighted by Crippen LogP contribution is 2.44. The van der Waals surface area contributed by atoms with E-state index in [0.29, 0.717) is 17.5 Å². The van der Waals surface area contributed by atoms with Crippen LogP contribution in [0.25, 0.3) is 133 Å². The lowest BCUT2D eigenvalue weighted by atomic mass is 9.88. The average molecular weight is 864 g/mol. The molecule has 13 rings (SSSR count). The number of hydrogen-bond acceptors (Lipinski definition) is 3. The highest BCUT2D eigenvalue weighted by atomic mass is 15.0. The monoisotopic (exact) mass is 863 g/mol. The van der Waals surface area contributed by atoms with Gasteiger partial charge in [-0.1, -0.05) is 231 Å². The van der Waals surface area contributed by atoms with Crippen LogP contribution in [-0.4, -0.2) is 15.0 Å². The molecule has 0 unspecified atom stereocenters. The van der Waals surface area contributed by atoms with E-state index in [9.17, 15) is 0 Å². The maximum absolute atomic E-state index is 5.52. The molecule has 0 atom stereocenters. The highest BCUT2D eigenvalue weighted by Gasteiger charge is 2.22. The second-order valence-electron chi connectivity index (χ2n) is 17.5. The molecule has 1 aromatic heterocycles. The van der Waals surface area contributed by atoms with Gasteiger partial charge >= 0.3 is 0 Å². The normalized spacial score (nSPS) is 11.5. The quantitative estimate of drug-likeness (QED) is 0.150. The van der Waals surface area contributed by atoms with Crippen LogP contribution in [0.4, 0.5) is 0 Å². The summed E-state index contributed by atoms with van der Waals surface area (Å²) in [5.74, 6) is 1.83. The maximum atomic E-state index is 5.52. The summed E-state index contributed by atoms with van der Waals surface area (Å²) in [4.78, 5) is 16.4. The predicted octanol–water partition coefficient (Wildman–Crippen LogP) is 17.3. The van der Waals surface area contributed by atoms with Gasteiger partial charge in [0.2, 0.25) is 0 Å². The average Bonchev–Trinajstić information content (AvgIpc) is 3.42. The summed E-state index contributed by atoms with van der Waals surface area (Å²) in [6, 6.07) is 89.0. The lowest BCUT2D eigenvalue weighted by Gasteiger charge is -2.18. The molecule has 1 heterocycles. The van der Waals surface area contributed by atoms with Crippen molar-refractivity contribution in [2.75, 3.05) is 0 Å². The molecule has 0 spiro atoms. The molecule has 0 N–H and O–H groups in total. The lowest BCUT2D eigenvalue weighted by Crippen LogP contribution is -2.02. The highest BCUT2D eigenvalue weighted by molar-refractivity contribution is 6.17.